The van der Waals surface area contributed by atoms with E-state index in [0.29, 0.717) is 0 Å². The van der Waals surface area contributed by atoms with E-state index in [1.165, 1.54) is 25.5 Å². The van der Waals surface area contributed by atoms with Crippen LogP contribution in [0, 0.1) is 6.07 Å². The minimum Gasteiger partial charge on any atom is -0.512 e. The third kappa shape index (κ3) is 5.45. The van der Waals surface area contributed by atoms with E-state index in [1.807, 2.05) is 24.4 Å². The molecule has 0 amide bonds. The average Bonchev–Trinajstić information content (AvgIpc) is 3.13. The van der Waals surface area contributed by atoms with E-state index in [1.54, 1.807) is 0 Å². The van der Waals surface area contributed by atoms with Gasteiger partial charge in [0.25, 0.3) is 0 Å². The van der Waals surface area contributed by atoms with Gasteiger partial charge in [0.1, 0.15) is 0 Å². The number of hydrogen-bond donors (Lipinski definition) is 1. The second-order valence-electron chi connectivity index (χ2n) is 7.45. The number of benzene rings is 3. The van der Waals surface area contributed by atoms with E-state index in [-0.39, 0.29) is 31.6 Å². The number of nitrogens with zero attached hydrogens (tertiary/aromatic N) is 2. The summed E-state index contributed by atoms with van der Waals surface area (Å²) in [6, 6.07) is 32.7. The standard InChI is InChI=1S/C23H15N2.C5H8O2.Ir/c1-3-8-17(9-4-1)18-13-14-20-22(16-18)25(19-10-5-2-6-11-19)21-12-7-15-24-23(20)21;1-4(6)3-5(2)7;/h1-13,15-16H;3,6H,1-2H3;/q-1;;/b;4-3-;. The molecule has 0 fully saturated rings. The van der Waals surface area contributed by atoms with Crippen LogP contribution in [-0.4, -0.2) is 20.4 Å². The van der Waals surface area contributed by atoms with Crippen molar-refractivity contribution in [2.24, 2.45) is 0 Å². The number of para-hydroxylation sites is 1. The molecule has 0 aliphatic rings. The maximum absolute atomic E-state index is 10.0. The Morgan fingerprint density at radius 1 is 0.909 bits per heavy atom. The Hall–Kier alpha value is -3.53. The smallest absolute Gasteiger partial charge is 0.155 e. The first-order valence-electron chi connectivity index (χ1n) is 10.3. The number of pyridine rings is 1. The molecule has 0 unspecified atom stereocenters. The second kappa shape index (κ2) is 10.9. The Labute approximate surface area is 206 Å². The summed E-state index contributed by atoms with van der Waals surface area (Å²) in [7, 11) is 0. The predicted molar refractivity (Wildman–Crippen MR) is 130 cm³/mol. The van der Waals surface area contributed by atoms with Gasteiger partial charge in [-0.15, -0.1) is 18.2 Å². The molecule has 0 atom stereocenters. The number of allylic oxidation sites excluding steroid dienone is 2. The van der Waals surface area contributed by atoms with Gasteiger partial charge in [0.05, 0.1) is 5.76 Å². The van der Waals surface area contributed by atoms with Crippen molar-refractivity contribution < 1.29 is 30.0 Å². The number of hydrogen-bond acceptors (Lipinski definition) is 3. The fourth-order valence-corrected chi connectivity index (χ4v) is 3.70. The third-order valence-electron chi connectivity index (χ3n) is 4.96. The molecule has 5 heteroatoms. The number of aliphatic hydroxyl groups is 1. The summed E-state index contributed by atoms with van der Waals surface area (Å²) in [5.74, 6) is -0.0625. The Morgan fingerprint density at radius 3 is 2.18 bits per heavy atom. The Morgan fingerprint density at radius 2 is 1.58 bits per heavy atom. The molecule has 0 aliphatic heterocycles. The van der Waals surface area contributed by atoms with Crippen molar-refractivity contribution in [1.29, 1.82) is 0 Å². The van der Waals surface area contributed by atoms with Crippen LogP contribution in [0.15, 0.2) is 103 Å². The van der Waals surface area contributed by atoms with Gasteiger partial charge in [-0.05, 0) is 43.6 Å². The predicted octanol–water partition coefficient (Wildman–Crippen LogP) is 6.68. The van der Waals surface area contributed by atoms with Crippen LogP contribution < -0.4 is 0 Å². The van der Waals surface area contributed by atoms with E-state index >= 15 is 0 Å². The van der Waals surface area contributed by atoms with Crippen molar-refractivity contribution in [1.82, 2.24) is 9.55 Å². The van der Waals surface area contributed by atoms with Crippen LogP contribution in [0.1, 0.15) is 13.8 Å². The van der Waals surface area contributed by atoms with E-state index < -0.39 is 0 Å². The average molecular weight is 612 g/mol. The molecule has 0 saturated carbocycles. The number of carbonyl (C=O) groups is 1. The number of rotatable bonds is 3. The topological polar surface area (TPSA) is 55.1 Å². The van der Waals surface area contributed by atoms with Crippen molar-refractivity contribution in [2.45, 2.75) is 13.8 Å². The van der Waals surface area contributed by atoms with Gasteiger partial charge in [-0.3, -0.25) is 4.79 Å². The Balaban J connectivity index is 0.000000337. The van der Waals surface area contributed by atoms with Gasteiger partial charge in [0.15, 0.2) is 5.78 Å². The van der Waals surface area contributed by atoms with Gasteiger partial charge in [-0.25, -0.2) is 0 Å². The van der Waals surface area contributed by atoms with Crippen LogP contribution in [0.5, 0.6) is 0 Å². The van der Waals surface area contributed by atoms with Crippen LogP contribution in [0.4, 0.5) is 0 Å². The number of carbonyl (C=O) groups excluding carboxylic acids is 1. The van der Waals surface area contributed by atoms with Crippen LogP contribution in [0.25, 0.3) is 38.8 Å². The minimum atomic E-state index is -0.125. The van der Waals surface area contributed by atoms with Gasteiger partial charge in [0.2, 0.25) is 0 Å². The maximum Gasteiger partial charge on any atom is 0.155 e. The second-order valence-corrected chi connectivity index (χ2v) is 7.45. The molecule has 2 aromatic heterocycles. The van der Waals surface area contributed by atoms with Crippen molar-refractivity contribution in [2.75, 3.05) is 0 Å². The van der Waals surface area contributed by atoms with Crippen LogP contribution >= 0.6 is 0 Å². The third-order valence-corrected chi connectivity index (χ3v) is 4.96. The fraction of sp³-hybridized carbons (Fsp3) is 0.0714. The SMILES string of the molecule is CC(=O)/C=C(/C)O.[Ir].[c-]1cc(-c2ccccc2)cc2c1c1ncccc1n2-c1ccccc1. The van der Waals surface area contributed by atoms with Crippen molar-refractivity contribution in [3.8, 4) is 16.8 Å². The molecule has 1 N–H and O–H groups in total. The molecular weight excluding hydrogens is 589 g/mol. The summed E-state index contributed by atoms with van der Waals surface area (Å²) < 4.78 is 2.26. The van der Waals surface area contributed by atoms with Gasteiger partial charge < -0.3 is 14.7 Å². The zero-order valence-electron chi connectivity index (χ0n) is 18.3. The van der Waals surface area contributed by atoms with Crippen LogP contribution in [-0.2, 0) is 24.9 Å². The first kappa shape index (κ1) is 24.1. The number of ketones is 1. The summed E-state index contributed by atoms with van der Waals surface area (Å²) in [5, 5.41) is 9.42. The van der Waals surface area contributed by atoms with E-state index in [9.17, 15) is 4.79 Å². The zero-order valence-corrected chi connectivity index (χ0v) is 20.7. The molecule has 3 aromatic carbocycles. The zero-order chi connectivity index (χ0) is 22.5. The van der Waals surface area contributed by atoms with Crippen molar-refractivity contribution in [3.05, 3.63) is 109 Å². The molecule has 4 nitrogen and oxygen atoms in total. The van der Waals surface area contributed by atoms with E-state index in [4.69, 9.17) is 5.11 Å². The first-order chi connectivity index (χ1) is 15.5. The van der Waals surface area contributed by atoms with Crippen LogP contribution in [0.3, 0.4) is 0 Å². The van der Waals surface area contributed by atoms with E-state index in [0.717, 1.165) is 33.2 Å². The van der Waals surface area contributed by atoms with Gasteiger partial charge in [-0.1, -0.05) is 65.0 Å². The molecule has 0 aliphatic carbocycles. The number of aliphatic hydroxyl groups excluding tert-OH is 1. The summed E-state index contributed by atoms with van der Waals surface area (Å²) in [6.07, 6.45) is 3.01. The monoisotopic (exact) mass is 612 g/mol. The molecule has 0 saturated heterocycles. The first-order valence-corrected chi connectivity index (χ1v) is 10.3. The Kier molecular flexibility index (Phi) is 7.94. The van der Waals surface area contributed by atoms with Crippen molar-refractivity contribution in [3.63, 3.8) is 0 Å². The van der Waals surface area contributed by atoms with Crippen LogP contribution in [0.2, 0.25) is 0 Å². The van der Waals surface area contributed by atoms with Gasteiger partial charge in [0, 0.05) is 49.1 Å². The number of aromatic nitrogens is 2. The normalized spacial score (nSPS) is 10.9. The molecule has 2 heterocycles. The molecular formula is C28H23IrN2O2-. The molecule has 1 radical (unpaired) electrons. The van der Waals surface area contributed by atoms with Gasteiger partial charge in [-0.2, -0.15) is 0 Å². The van der Waals surface area contributed by atoms with Gasteiger partial charge >= 0.3 is 0 Å². The molecule has 167 valence electrons. The number of fused-ring (bicyclic) bond motifs is 3. The molecule has 33 heavy (non-hydrogen) atoms. The summed E-state index contributed by atoms with van der Waals surface area (Å²) in [6.45, 7) is 2.85. The molecule has 5 rings (SSSR count). The molecule has 5 aromatic rings. The summed E-state index contributed by atoms with van der Waals surface area (Å²) >= 11 is 0. The summed E-state index contributed by atoms with van der Waals surface area (Å²) in [4.78, 5) is 14.6. The quantitative estimate of drug-likeness (QED) is 0.141. The molecule has 0 bridgehead atoms. The van der Waals surface area contributed by atoms with Crippen molar-refractivity contribution >= 4 is 27.7 Å². The summed E-state index contributed by atoms with van der Waals surface area (Å²) in [5.41, 5.74) is 6.70. The molecule has 0 spiro atoms. The minimum absolute atomic E-state index is 0. The van der Waals surface area contributed by atoms with E-state index in [2.05, 4.69) is 82.3 Å². The Bertz CT molecular complexity index is 1400. The largest absolute Gasteiger partial charge is 0.512 e. The fourth-order valence-electron chi connectivity index (χ4n) is 3.70. The maximum atomic E-state index is 10.0.